The average Bonchev–Trinajstić information content (AvgIpc) is 3.18. The second kappa shape index (κ2) is 6.50. The van der Waals surface area contributed by atoms with Crippen LogP contribution in [0.15, 0.2) is 23.3 Å². The second-order valence-corrected chi connectivity index (χ2v) is 6.42. The monoisotopic (exact) mass is 317 g/mol. The third-order valence-corrected chi connectivity index (χ3v) is 4.27. The predicted octanol–water partition coefficient (Wildman–Crippen LogP) is 1.97. The minimum Gasteiger partial charge on any atom is -0.329 e. The lowest BCUT2D eigenvalue weighted by atomic mass is 10.1. The highest BCUT2D eigenvalue weighted by atomic mass is 32.1. The first-order valence-corrected chi connectivity index (χ1v) is 8.24. The van der Waals surface area contributed by atoms with Gasteiger partial charge in [0.05, 0.1) is 29.1 Å². The van der Waals surface area contributed by atoms with Gasteiger partial charge in [-0.05, 0) is 26.9 Å². The zero-order valence-corrected chi connectivity index (χ0v) is 13.6. The molecule has 0 aliphatic carbocycles. The van der Waals surface area contributed by atoms with Crippen LogP contribution in [0.2, 0.25) is 0 Å². The number of thiazole rings is 1. The number of amides is 1. The van der Waals surface area contributed by atoms with Crippen LogP contribution in [0, 0.1) is 0 Å². The van der Waals surface area contributed by atoms with Gasteiger partial charge in [-0.2, -0.15) is 0 Å². The molecule has 7 heteroatoms. The van der Waals surface area contributed by atoms with E-state index < -0.39 is 0 Å². The van der Waals surface area contributed by atoms with Crippen molar-refractivity contribution in [3.63, 3.8) is 0 Å². The molecule has 0 saturated carbocycles. The van der Waals surface area contributed by atoms with Gasteiger partial charge in [0, 0.05) is 24.7 Å². The third kappa shape index (κ3) is 3.15. The fourth-order valence-corrected chi connectivity index (χ4v) is 3.29. The van der Waals surface area contributed by atoms with E-state index in [0.29, 0.717) is 5.69 Å². The highest BCUT2D eigenvalue weighted by Crippen LogP contribution is 2.31. The fourth-order valence-electron chi connectivity index (χ4n) is 2.77. The van der Waals surface area contributed by atoms with Crippen LogP contribution in [-0.2, 0) is 6.54 Å². The molecule has 0 aromatic carbocycles. The maximum atomic E-state index is 12.6. The van der Waals surface area contributed by atoms with E-state index in [2.05, 4.69) is 14.9 Å². The number of aromatic nitrogens is 3. The third-order valence-electron chi connectivity index (χ3n) is 3.69. The van der Waals surface area contributed by atoms with Gasteiger partial charge in [-0.1, -0.05) is 0 Å². The SMILES string of the molecule is CN(C)Cc1cncc(C2CCCN2C(=O)c2cscn2)n1. The molecule has 0 radical (unpaired) electrons. The van der Waals surface area contributed by atoms with E-state index in [-0.39, 0.29) is 11.9 Å². The zero-order chi connectivity index (χ0) is 15.5. The van der Waals surface area contributed by atoms with Crippen molar-refractivity contribution >= 4 is 17.2 Å². The molecule has 0 bridgehead atoms. The highest BCUT2D eigenvalue weighted by Gasteiger charge is 2.32. The Bertz CT molecular complexity index is 643. The summed E-state index contributed by atoms with van der Waals surface area (Å²) in [6, 6.07) is 0.00353. The molecule has 116 valence electrons. The van der Waals surface area contributed by atoms with Gasteiger partial charge in [-0.15, -0.1) is 11.3 Å². The lowest BCUT2D eigenvalue weighted by molar-refractivity contribution is 0.0727. The quantitative estimate of drug-likeness (QED) is 0.863. The Hall–Kier alpha value is -1.86. The summed E-state index contributed by atoms with van der Waals surface area (Å²) in [7, 11) is 4.00. The summed E-state index contributed by atoms with van der Waals surface area (Å²) in [6.07, 6.45) is 5.47. The summed E-state index contributed by atoms with van der Waals surface area (Å²) in [5.74, 6) is -0.0106. The van der Waals surface area contributed by atoms with Gasteiger partial charge in [0.15, 0.2) is 0 Å². The molecule has 22 heavy (non-hydrogen) atoms. The van der Waals surface area contributed by atoms with Crippen LogP contribution in [-0.4, -0.2) is 51.3 Å². The lowest BCUT2D eigenvalue weighted by Crippen LogP contribution is -2.31. The van der Waals surface area contributed by atoms with E-state index in [9.17, 15) is 4.79 Å². The number of rotatable bonds is 4. The van der Waals surface area contributed by atoms with Crippen molar-refractivity contribution in [1.29, 1.82) is 0 Å². The predicted molar refractivity (Wildman–Crippen MR) is 84.5 cm³/mol. The van der Waals surface area contributed by atoms with Crippen LogP contribution >= 0.6 is 11.3 Å². The molecular weight excluding hydrogens is 298 g/mol. The highest BCUT2D eigenvalue weighted by molar-refractivity contribution is 7.07. The Morgan fingerprint density at radius 3 is 3.05 bits per heavy atom. The van der Waals surface area contributed by atoms with E-state index in [1.54, 1.807) is 23.3 Å². The van der Waals surface area contributed by atoms with Crippen LogP contribution in [0.25, 0.3) is 0 Å². The topological polar surface area (TPSA) is 62.2 Å². The van der Waals surface area contributed by atoms with Gasteiger partial charge in [0.25, 0.3) is 5.91 Å². The minimum absolute atomic E-state index is 0.00353. The van der Waals surface area contributed by atoms with Crippen molar-refractivity contribution in [3.05, 3.63) is 40.4 Å². The molecule has 6 nitrogen and oxygen atoms in total. The number of nitrogens with zero attached hydrogens (tertiary/aromatic N) is 5. The number of hydrogen-bond acceptors (Lipinski definition) is 6. The van der Waals surface area contributed by atoms with Crippen molar-refractivity contribution in [2.45, 2.75) is 25.4 Å². The summed E-state index contributed by atoms with van der Waals surface area (Å²) < 4.78 is 0. The molecule has 3 heterocycles. The summed E-state index contributed by atoms with van der Waals surface area (Å²) in [5.41, 5.74) is 4.01. The van der Waals surface area contributed by atoms with Crippen LogP contribution in [0.5, 0.6) is 0 Å². The van der Waals surface area contributed by atoms with Crippen molar-refractivity contribution in [1.82, 2.24) is 24.8 Å². The Kier molecular flexibility index (Phi) is 4.44. The van der Waals surface area contributed by atoms with E-state index >= 15 is 0 Å². The minimum atomic E-state index is -0.0106. The Morgan fingerprint density at radius 2 is 2.32 bits per heavy atom. The number of likely N-dealkylation sites (tertiary alicyclic amines) is 1. The van der Waals surface area contributed by atoms with Crippen LogP contribution in [0.3, 0.4) is 0 Å². The van der Waals surface area contributed by atoms with Gasteiger partial charge >= 0.3 is 0 Å². The van der Waals surface area contributed by atoms with E-state index in [4.69, 9.17) is 4.98 Å². The van der Waals surface area contributed by atoms with Crippen LogP contribution in [0.4, 0.5) is 0 Å². The molecule has 1 saturated heterocycles. The van der Waals surface area contributed by atoms with Gasteiger partial charge in [0.2, 0.25) is 0 Å². The molecule has 0 N–H and O–H groups in total. The number of carbonyl (C=O) groups excluding carboxylic acids is 1. The van der Waals surface area contributed by atoms with Crippen LogP contribution < -0.4 is 0 Å². The van der Waals surface area contributed by atoms with E-state index in [1.165, 1.54) is 11.3 Å². The van der Waals surface area contributed by atoms with E-state index in [0.717, 1.165) is 37.3 Å². The Labute approximate surface area is 133 Å². The molecule has 1 atom stereocenters. The summed E-state index contributed by atoms with van der Waals surface area (Å²) in [5, 5.41) is 1.80. The molecule has 2 aromatic heterocycles. The van der Waals surface area contributed by atoms with Gasteiger partial charge in [-0.3, -0.25) is 14.8 Å². The fraction of sp³-hybridized carbons (Fsp3) is 0.467. The molecule has 1 amide bonds. The van der Waals surface area contributed by atoms with Crippen LogP contribution in [0.1, 0.15) is 40.8 Å². The largest absolute Gasteiger partial charge is 0.329 e. The van der Waals surface area contributed by atoms with Crippen molar-refractivity contribution in [2.75, 3.05) is 20.6 Å². The first-order valence-electron chi connectivity index (χ1n) is 7.30. The molecule has 3 rings (SSSR count). The van der Waals surface area contributed by atoms with Crippen molar-refractivity contribution in [2.24, 2.45) is 0 Å². The maximum Gasteiger partial charge on any atom is 0.273 e. The average molecular weight is 317 g/mol. The summed E-state index contributed by atoms with van der Waals surface area (Å²) in [6.45, 7) is 1.49. The first kappa shape index (κ1) is 15.1. The van der Waals surface area contributed by atoms with E-state index in [1.807, 2.05) is 19.0 Å². The molecule has 0 spiro atoms. The summed E-state index contributed by atoms with van der Waals surface area (Å²) >= 11 is 1.44. The zero-order valence-electron chi connectivity index (χ0n) is 12.8. The first-order chi connectivity index (χ1) is 10.6. The molecular formula is C15H19N5OS. The van der Waals surface area contributed by atoms with Crippen molar-refractivity contribution in [3.8, 4) is 0 Å². The molecule has 1 unspecified atom stereocenters. The van der Waals surface area contributed by atoms with Gasteiger partial charge < -0.3 is 9.80 Å². The normalized spacial score (nSPS) is 18.1. The standard InChI is InChI=1S/C15H19N5OS/c1-19(2)8-11-6-16-7-12(18-11)14-4-3-5-20(14)15(21)13-9-22-10-17-13/h6-7,9-10,14H,3-5,8H2,1-2H3. The molecule has 1 fully saturated rings. The van der Waals surface area contributed by atoms with Gasteiger partial charge in [-0.25, -0.2) is 4.98 Å². The number of carbonyl (C=O) groups is 1. The van der Waals surface area contributed by atoms with Gasteiger partial charge in [0.1, 0.15) is 5.69 Å². The maximum absolute atomic E-state index is 12.6. The number of hydrogen-bond donors (Lipinski definition) is 0. The summed E-state index contributed by atoms with van der Waals surface area (Å²) in [4.78, 5) is 29.6. The lowest BCUT2D eigenvalue weighted by Gasteiger charge is -2.23. The second-order valence-electron chi connectivity index (χ2n) is 5.70. The smallest absolute Gasteiger partial charge is 0.273 e. The molecule has 1 aliphatic heterocycles. The van der Waals surface area contributed by atoms with Crippen molar-refractivity contribution < 1.29 is 4.79 Å². The Morgan fingerprint density at radius 1 is 1.45 bits per heavy atom. The Balaban J connectivity index is 1.82. The molecule has 2 aromatic rings. The molecule has 1 aliphatic rings.